The number of piperidine rings is 1. The molecular weight excluding hydrogens is 292 g/mol. The molecule has 1 saturated heterocycles. The summed E-state index contributed by atoms with van der Waals surface area (Å²) in [5.74, 6) is -1.78. The van der Waals surface area contributed by atoms with E-state index in [1.807, 2.05) is 0 Å². The zero-order valence-electron chi connectivity index (χ0n) is 11.7. The molecule has 2 rings (SSSR count). The van der Waals surface area contributed by atoms with Gasteiger partial charge in [0.25, 0.3) is 0 Å². The van der Waals surface area contributed by atoms with Crippen molar-refractivity contribution < 1.29 is 19.5 Å². The molecule has 2 heterocycles. The second-order valence-electron chi connectivity index (χ2n) is 5.10. The summed E-state index contributed by atoms with van der Waals surface area (Å²) >= 11 is 1.29. The number of nitrogens with zero attached hydrogens (tertiary/aromatic N) is 1. The van der Waals surface area contributed by atoms with Gasteiger partial charge >= 0.3 is 5.97 Å². The van der Waals surface area contributed by atoms with Crippen LogP contribution < -0.4 is 5.32 Å². The first-order valence-corrected chi connectivity index (χ1v) is 7.69. The molecule has 1 aromatic heterocycles. The van der Waals surface area contributed by atoms with E-state index < -0.39 is 12.0 Å². The van der Waals surface area contributed by atoms with Gasteiger partial charge < -0.3 is 15.3 Å². The number of rotatable bonds is 4. The van der Waals surface area contributed by atoms with Crippen LogP contribution in [-0.2, 0) is 14.4 Å². The molecule has 2 amide bonds. The van der Waals surface area contributed by atoms with Crippen molar-refractivity contribution in [2.24, 2.45) is 5.92 Å². The quantitative estimate of drug-likeness (QED) is 0.876. The third-order valence-corrected chi connectivity index (χ3v) is 4.54. The molecule has 2 atom stereocenters. The van der Waals surface area contributed by atoms with E-state index in [1.165, 1.54) is 18.3 Å². The number of likely N-dealkylation sites (tertiary alicyclic amines) is 1. The molecule has 114 valence electrons. The molecule has 0 saturated carbocycles. The molecule has 0 aromatic carbocycles. The van der Waals surface area contributed by atoms with Gasteiger partial charge in [-0.05, 0) is 24.3 Å². The van der Waals surface area contributed by atoms with Gasteiger partial charge in [-0.2, -0.15) is 0 Å². The molecule has 1 fully saturated rings. The molecule has 21 heavy (non-hydrogen) atoms. The second-order valence-corrected chi connectivity index (χ2v) is 6.08. The van der Waals surface area contributed by atoms with Crippen LogP contribution in [0.2, 0.25) is 0 Å². The summed E-state index contributed by atoms with van der Waals surface area (Å²) in [5.41, 5.74) is 0. The van der Waals surface area contributed by atoms with E-state index >= 15 is 0 Å². The minimum absolute atomic E-state index is 0.0551. The smallest absolute Gasteiger partial charge is 0.331 e. The number of amides is 2. The van der Waals surface area contributed by atoms with Crippen molar-refractivity contribution in [2.75, 3.05) is 13.1 Å². The number of carbonyl (C=O) groups is 3. The molecule has 6 nitrogen and oxygen atoms in total. The Balaban J connectivity index is 2.02. The number of carbonyl (C=O) groups excluding carboxylic acids is 2. The van der Waals surface area contributed by atoms with Gasteiger partial charge in [-0.15, -0.1) is 11.3 Å². The summed E-state index contributed by atoms with van der Waals surface area (Å²) in [7, 11) is 0. The fourth-order valence-electron chi connectivity index (χ4n) is 2.45. The largest absolute Gasteiger partial charge is 0.479 e. The third kappa shape index (κ3) is 3.81. The van der Waals surface area contributed by atoms with Crippen LogP contribution >= 0.6 is 11.3 Å². The van der Waals surface area contributed by atoms with Crippen molar-refractivity contribution in [2.45, 2.75) is 25.8 Å². The van der Waals surface area contributed by atoms with E-state index in [9.17, 15) is 19.5 Å². The van der Waals surface area contributed by atoms with Crippen LogP contribution in [0.5, 0.6) is 0 Å². The standard InChI is InChI=1S/C14H18N2O4S/c1-9(17)16-6-2-4-10(8-16)13(18)15-12(14(19)20)11-5-3-7-21-11/h3,5,7,10,12H,2,4,6,8H2,1H3,(H,15,18)(H,19,20). The number of hydrogen-bond donors (Lipinski definition) is 2. The van der Waals surface area contributed by atoms with Crippen LogP contribution in [0.4, 0.5) is 0 Å². The lowest BCUT2D eigenvalue weighted by atomic mass is 9.96. The number of nitrogens with one attached hydrogen (secondary N) is 1. The molecule has 0 radical (unpaired) electrons. The molecule has 2 N–H and O–H groups in total. The Morgan fingerprint density at radius 2 is 2.24 bits per heavy atom. The maximum Gasteiger partial charge on any atom is 0.331 e. The fraction of sp³-hybridized carbons (Fsp3) is 0.500. The van der Waals surface area contributed by atoms with Gasteiger partial charge in [0, 0.05) is 24.9 Å². The minimum Gasteiger partial charge on any atom is -0.479 e. The Labute approximate surface area is 126 Å². The number of carboxylic acids is 1. The van der Waals surface area contributed by atoms with Crippen LogP contribution in [0.3, 0.4) is 0 Å². The Morgan fingerprint density at radius 1 is 1.48 bits per heavy atom. The Kier molecular flexibility index (Phi) is 4.95. The Bertz CT molecular complexity index is 529. The number of aliphatic carboxylic acids is 1. The van der Waals surface area contributed by atoms with Gasteiger partial charge in [0.05, 0.1) is 5.92 Å². The summed E-state index contributed by atoms with van der Waals surface area (Å²) < 4.78 is 0. The molecule has 0 aliphatic carbocycles. The summed E-state index contributed by atoms with van der Waals surface area (Å²) in [5, 5.41) is 13.6. The van der Waals surface area contributed by atoms with Crippen LogP contribution in [0.1, 0.15) is 30.7 Å². The van der Waals surface area contributed by atoms with Crippen molar-refractivity contribution in [3.8, 4) is 0 Å². The van der Waals surface area contributed by atoms with Crippen LogP contribution in [-0.4, -0.2) is 40.9 Å². The molecule has 1 aliphatic heterocycles. The highest BCUT2D eigenvalue weighted by Gasteiger charge is 2.30. The van der Waals surface area contributed by atoms with E-state index in [1.54, 1.807) is 22.4 Å². The second kappa shape index (κ2) is 6.71. The highest BCUT2D eigenvalue weighted by atomic mass is 32.1. The maximum atomic E-state index is 12.3. The number of hydrogen-bond acceptors (Lipinski definition) is 4. The Hall–Kier alpha value is -1.89. The highest BCUT2D eigenvalue weighted by Crippen LogP contribution is 2.22. The van der Waals surface area contributed by atoms with Gasteiger partial charge in [0.1, 0.15) is 0 Å². The molecule has 7 heteroatoms. The number of thiophene rings is 1. The summed E-state index contributed by atoms with van der Waals surface area (Å²) in [6.07, 6.45) is 1.43. The van der Waals surface area contributed by atoms with E-state index in [-0.39, 0.29) is 17.7 Å². The van der Waals surface area contributed by atoms with Crippen molar-refractivity contribution in [3.63, 3.8) is 0 Å². The van der Waals surface area contributed by atoms with E-state index in [0.29, 0.717) is 24.4 Å². The number of carboxylic acid groups (broad SMARTS) is 1. The lowest BCUT2D eigenvalue weighted by Gasteiger charge is -2.31. The molecule has 1 aromatic rings. The molecule has 2 unspecified atom stereocenters. The molecule has 0 bridgehead atoms. The maximum absolute atomic E-state index is 12.3. The highest BCUT2D eigenvalue weighted by molar-refractivity contribution is 7.10. The SMILES string of the molecule is CC(=O)N1CCCC(C(=O)NC(C(=O)O)c2cccs2)C1. The zero-order valence-corrected chi connectivity index (χ0v) is 12.6. The summed E-state index contributed by atoms with van der Waals surface area (Å²) in [6.45, 7) is 2.50. The fourth-order valence-corrected chi connectivity index (χ4v) is 3.21. The van der Waals surface area contributed by atoms with Crippen molar-refractivity contribution in [1.82, 2.24) is 10.2 Å². The van der Waals surface area contributed by atoms with Crippen LogP contribution in [0.15, 0.2) is 17.5 Å². The normalized spacial score (nSPS) is 19.9. The van der Waals surface area contributed by atoms with Gasteiger partial charge in [-0.3, -0.25) is 9.59 Å². The summed E-state index contributed by atoms with van der Waals surface area (Å²) in [4.78, 5) is 37.2. The first kappa shape index (κ1) is 15.5. The Morgan fingerprint density at radius 3 is 2.81 bits per heavy atom. The molecular formula is C14H18N2O4S. The third-order valence-electron chi connectivity index (χ3n) is 3.60. The molecule has 1 aliphatic rings. The predicted octanol–water partition coefficient (Wildman–Crippen LogP) is 1.25. The van der Waals surface area contributed by atoms with E-state index in [4.69, 9.17) is 0 Å². The average Bonchev–Trinajstić information content (AvgIpc) is 2.98. The van der Waals surface area contributed by atoms with Crippen molar-refractivity contribution in [1.29, 1.82) is 0 Å². The van der Waals surface area contributed by atoms with Gasteiger partial charge in [0.15, 0.2) is 6.04 Å². The minimum atomic E-state index is -1.08. The average molecular weight is 310 g/mol. The van der Waals surface area contributed by atoms with Gasteiger partial charge in [0.2, 0.25) is 11.8 Å². The van der Waals surface area contributed by atoms with Gasteiger partial charge in [-0.1, -0.05) is 6.07 Å². The summed E-state index contributed by atoms with van der Waals surface area (Å²) in [6, 6.07) is 2.41. The van der Waals surface area contributed by atoms with E-state index in [0.717, 1.165) is 6.42 Å². The van der Waals surface area contributed by atoms with E-state index in [2.05, 4.69) is 5.32 Å². The van der Waals surface area contributed by atoms with Crippen molar-refractivity contribution >= 4 is 29.1 Å². The van der Waals surface area contributed by atoms with Crippen LogP contribution in [0, 0.1) is 5.92 Å². The first-order chi connectivity index (χ1) is 9.99. The molecule has 0 spiro atoms. The first-order valence-electron chi connectivity index (χ1n) is 6.81. The lowest BCUT2D eigenvalue weighted by Crippen LogP contribution is -2.46. The van der Waals surface area contributed by atoms with Crippen LogP contribution in [0.25, 0.3) is 0 Å². The topological polar surface area (TPSA) is 86.7 Å². The monoisotopic (exact) mass is 310 g/mol. The van der Waals surface area contributed by atoms with Crippen molar-refractivity contribution in [3.05, 3.63) is 22.4 Å². The van der Waals surface area contributed by atoms with Gasteiger partial charge in [-0.25, -0.2) is 4.79 Å². The zero-order chi connectivity index (χ0) is 15.4. The predicted molar refractivity (Wildman–Crippen MR) is 77.8 cm³/mol. The lowest BCUT2D eigenvalue weighted by molar-refractivity contribution is -0.143.